The molecule has 0 saturated carbocycles. The standard InChI is InChI=1S/C30H22O10/c1-16(17-2-6-19(7-3-17)39-21-10-12-23(27(31)32)25(14-21)29(35)36)18-4-8-20(9-5-18)40-22-11-13-24(28(33)34)26(15-22)30(37)38/h2-16H,1H3,(H,31,32)(H,33,34)(H,35,36)(H,37,38). The summed E-state index contributed by atoms with van der Waals surface area (Å²) in [7, 11) is 0. The molecule has 10 nitrogen and oxygen atoms in total. The van der Waals surface area contributed by atoms with Gasteiger partial charge in [0.2, 0.25) is 0 Å². The van der Waals surface area contributed by atoms with Gasteiger partial charge < -0.3 is 29.9 Å². The van der Waals surface area contributed by atoms with Gasteiger partial charge in [0.1, 0.15) is 23.0 Å². The molecule has 40 heavy (non-hydrogen) atoms. The van der Waals surface area contributed by atoms with E-state index in [4.69, 9.17) is 19.7 Å². The highest BCUT2D eigenvalue weighted by molar-refractivity contribution is 6.02. The molecule has 0 aliphatic heterocycles. The molecule has 4 aromatic rings. The minimum atomic E-state index is -1.37. The van der Waals surface area contributed by atoms with Crippen LogP contribution in [-0.2, 0) is 0 Å². The lowest BCUT2D eigenvalue weighted by atomic mass is 9.93. The summed E-state index contributed by atoms with van der Waals surface area (Å²) in [6.45, 7) is 2.00. The first-order valence-electron chi connectivity index (χ1n) is 11.8. The summed E-state index contributed by atoms with van der Waals surface area (Å²) >= 11 is 0. The molecule has 0 bridgehead atoms. The van der Waals surface area contributed by atoms with E-state index in [-0.39, 0.29) is 39.7 Å². The minimum Gasteiger partial charge on any atom is -0.478 e. The summed E-state index contributed by atoms with van der Waals surface area (Å²) in [4.78, 5) is 45.3. The van der Waals surface area contributed by atoms with E-state index in [2.05, 4.69) is 0 Å². The van der Waals surface area contributed by atoms with Gasteiger partial charge in [0.15, 0.2) is 0 Å². The van der Waals surface area contributed by atoms with Crippen LogP contribution in [0.3, 0.4) is 0 Å². The second-order valence-electron chi connectivity index (χ2n) is 8.70. The molecule has 0 saturated heterocycles. The van der Waals surface area contributed by atoms with E-state index in [1.165, 1.54) is 24.3 Å². The minimum absolute atomic E-state index is 0.0231. The van der Waals surface area contributed by atoms with Gasteiger partial charge in [-0.1, -0.05) is 31.2 Å². The van der Waals surface area contributed by atoms with Gasteiger partial charge in [-0.3, -0.25) is 0 Å². The third-order valence-electron chi connectivity index (χ3n) is 6.14. The third-order valence-corrected chi connectivity index (χ3v) is 6.14. The second-order valence-corrected chi connectivity index (χ2v) is 8.70. The number of rotatable bonds is 10. The van der Waals surface area contributed by atoms with Crippen LogP contribution < -0.4 is 9.47 Å². The van der Waals surface area contributed by atoms with E-state index < -0.39 is 23.9 Å². The Labute approximate surface area is 227 Å². The lowest BCUT2D eigenvalue weighted by Gasteiger charge is -2.15. The van der Waals surface area contributed by atoms with Crippen molar-refractivity contribution in [2.24, 2.45) is 0 Å². The first-order chi connectivity index (χ1) is 19.0. The predicted octanol–water partition coefficient (Wildman–Crippen LogP) is 6.22. The Bertz CT molecular complexity index is 1480. The SMILES string of the molecule is CC(c1ccc(Oc2ccc(C(=O)O)c(C(=O)O)c2)cc1)c1ccc(Oc2ccc(C(=O)O)c(C(=O)O)c2)cc1. The Morgan fingerprint density at radius 3 is 1.07 bits per heavy atom. The Hall–Kier alpha value is -5.64. The van der Waals surface area contributed by atoms with Crippen LogP contribution in [0, 0.1) is 0 Å². The van der Waals surface area contributed by atoms with E-state index in [9.17, 15) is 29.4 Å². The maximum atomic E-state index is 11.4. The van der Waals surface area contributed by atoms with Crippen molar-refractivity contribution in [2.45, 2.75) is 12.8 Å². The Morgan fingerprint density at radius 2 is 0.775 bits per heavy atom. The molecule has 0 aromatic heterocycles. The van der Waals surface area contributed by atoms with Crippen molar-refractivity contribution in [3.63, 3.8) is 0 Å². The Balaban J connectivity index is 1.45. The summed E-state index contributed by atoms with van der Waals surface area (Å²) in [5.41, 5.74) is 0.514. The first-order valence-corrected chi connectivity index (χ1v) is 11.8. The fourth-order valence-corrected chi connectivity index (χ4v) is 4.01. The van der Waals surface area contributed by atoms with Crippen molar-refractivity contribution >= 4 is 23.9 Å². The number of carboxylic acid groups (broad SMARTS) is 4. The highest BCUT2D eigenvalue weighted by atomic mass is 16.5. The van der Waals surface area contributed by atoms with Gasteiger partial charge in [0.05, 0.1) is 22.3 Å². The number of hydrogen-bond acceptors (Lipinski definition) is 6. The van der Waals surface area contributed by atoms with Crippen LogP contribution in [0.1, 0.15) is 65.4 Å². The summed E-state index contributed by atoms with van der Waals surface area (Å²) < 4.78 is 11.4. The van der Waals surface area contributed by atoms with E-state index >= 15 is 0 Å². The molecule has 0 radical (unpaired) electrons. The average molecular weight is 542 g/mol. The highest BCUT2D eigenvalue weighted by Gasteiger charge is 2.18. The number of carbonyl (C=O) groups is 4. The quantitative estimate of drug-likeness (QED) is 0.181. The number of aromatic carboxylic acids is 4. The molecule has 10 heteroatoms. The molecule has 0 aliphatic rings. The van der Waals surface area contributed by atoms with Crippen LogP contribution in [0.2, 0.25) is 0 Å². The highest BCUT2D eigenvalue weighted by Crippen LogP contribution is 2.31. The van der Waals surface area contributed by atoms with Crippen molar-refractivity contribution in [1.82, 2.24) is 0 Å². The number of hydrogen-bond donors (Lipinski definition) is 4. The first kappa shape index (κ1) is 27.4. The molecular formula is C30H22O10. The normalized spacial score (nSPS) is 10.7. The van der Waals surface area contributed by atoms with Gasteiger partial charge in [-0.15, -0.1) is 0 Å². The second kappa shape index (κ2) is 11.4. The molecule has 0 unspecified atom stereocenters. The smallest absolute Gasteiger partial charge is 0.336 e. The maximum absolute atomic E-state index is 11.4. The molecule has 0 aliphatic carbocycles. The molecule has 202 valence electrons. The fourth-order valence-electron chi connectivity index (χ4n) is 4.01. The van der Waals surface area contributed by atoms with Crippen LogP contribution in [0.5, 0.6) is 23.0 Å². The zero-order valence-electron chi connectivity index (χ0n) is 20.9. The third kappa shape index (κ3) is 6.08. The van der Waals surface area contributed by atoms with Crippen molar-refractivity contribution < 1.29 is 49.1 Å². The van der Waals surface area contributed by atoms with Gasteiger partial charge >= 0.3 is 23.9 Å². The number of benzene rings is 4. The zero-order valence-corrected chi connectivity index (χ0v) is 20.9. The summed E-state index contributed by atoms with van der Waals surface area (Å²) in [5, 5.41) is 36.9. The molecule has 4 aromatic carbocycles. The fraction of sp³-hybridized carbons (Fsp3) is 0.0667. The predicted molar refractivity (Wildman–Crippen MR) is 141 cm³/mol. The maximum Gasteiger partial charge on any atom is 0.336 e. The number of ether oxygens (including phenoxy) is 2. The lowest BCUT2D eigenvalue weighted by Crippen LogP contribution is -2.08. The largest absolute Gasteiger partial charge is 0.478 e. The molecule has 0 atom stereocenters. The molecule has 4 rings (SSSR count). The molecular weight excluding hydrogens is 520 g/mol. The van der Waals surface area contributed by atoms with Gasteiger partial charge in [-0.05, 0) is 71.8 Å². The van der Waals surface area contributed by atoms with Crippen LogP contribution in [0.25, 0.3) is 0 Å². The average Bonchev–Trinajstić information content (AvgIpc) is 2.93. The van der Waals surface area contributed by atoms with Crippen LogP contribution in [-0.4, -0.2) is 44.3 Å². The van der Waals surface area contributed by atoms with Gasteiger partial charge in [-0.2, -0.15) is 0 Å². The molecule has 4 N–H and O–H groups in total. The monoisotopic (exact) mass is 542 g/mol. The van der Waals surface area contributed by atoms with Crippen LogP contribution in [0.4, 0.5) is 0 Å². The van der Waals surface area contributed by atoms with Crippen molar-refractivity contribution in [2.75, 3.05) is 0 Å². The molecule has 0 fully saturated rings. The van der Waals surface area contributed by atoms with Gasteiger partial charge in [0, 0.05) is 5.92 Å². The molecule has 0 spiro atoms. The topological polar surface area (TPSA) is 168 Å². The van der Waals surface area contributed by atoms with Gasteiger partial charge in [-0.25, -0.2) is 19.2 Å². The molecule has 0 heterocycles. The summed E-state index contributed by atoms with van der Waals surface area (Å²) in [5.74, 6) is -4.20. The number of carboxylic acids is 4. The van der Waals surface area contributed by atoms with Crippen molar-refractivity contribution in [3.8, 4) is 23.0 Å². The van der Waals surface area contributed by atoms with Crippen molar-refractivity contribution in [1.29, 1.82) is 0 Å². The van der Waals surface area contributed by atoms with E-state index in [0.29, 0.717) is 11.5 Å². The molecule has 0 amide bonds. The van der Waals surface area contributed by atoms with E-state index in [0.717, 1.165) is 23.3 Å². The van der Waals surface area contributed by atoms with Gasteiger partial charge in [0.25, 0.3) is 0 Å². The Morgan fingerprint density at radius 1 is 0.475 bits per heavy atom. The summed E-state index contributed by atoms with van der Waals surface area (Å²) in [6.07, 6.45) is 0. The van der Waals surface area contributed by atoms with Crippen LogP contribution in [0.15, 0.2) is 84.9 Å². The Kier molecular flexibility index (Phi) is 7.81. The lowest BCUT2D eigenvalue weighted by molar-refractivity contribution is 0.0651. The van der Waals surface area contributed by atoms with E-state index in [1.54, 1.807) is 24.3 Å². The van der Waals surface area contributed by atoms with Crippen molar-refractivity contribution in [3.05, 3.63) is 118 Å². The van der Waals surface area contributed by atoms with Crippen LogP contribution >= 0.6 is 0 Å². The summed E-state index contributed by atoms with van der Waals surface area (Å²) in [6, 6.07) is 21.7. The zero-order chi connectivity index (χ0) is 29.0. The van der Waals surface area contributed by atoms with E-state index in [1.807, 2.05) is 31.2 Å².